The maximum absolute atomic E-state index is 3.60. The Morgan fingerprint density at radius 2 is 1.78 bits per heavy atom. The second kappa shape index (κ2) is 7.99. The monoisotopic (exact) mass is 249 g/mol. The van der Waals surface area contributed by atoms with E-state index in [1.54, 1.807) is 5.57 Å². The molecule has 0 radical (unpaired) electrons. The summed E-state index contributed by atoms with van der Waals surface area (Å²) in [7, 11) is 2.16. The molecule has 1 N–H and O–H groups in total. The van der Waals surface area contributed by atoms with Gasteiger partial charge in [0.25, 0.3) is 0 Å². The quantitative estimate of drug-likeness (QED) is 0.704. The molecule has 1 nitrogen and oxygen atoms in total. The fourth-order valence-corrected chi connectivity index (χ4v) is 3.74. The predicted molar refractivity (Wildman–Crippen MR) is 79.8 cm³/mol. The molecule has 0 saturated heterocycles. The summed E-state index contributed by atoms with van der Waals surface area (Å²) in [6.07, 6.45) is 19.7. The van der Waals surface area contributed by atoms with Gasteiger partial charge in [0, 0.05) is 6.04 Å². The molecule has 0 aromatic rings. The number of nitrogens with one attached hydrogen (secondary N) is 1. The van der Waals surface area contributed by atoms with Gasteiger partial charge < -0.3 is 5.32 Å². The van der Waals surface area contributed by atoms with Crippen LogP contribution in [0.5, 0.6) is 0 Å². The molecule has 1 atom stereocenters. The standard InChI is InChI=1S/C17H31N/c1-18-17(14-15-10-6-5-7-11-15)16-12-8-3-2-4-9-13-16/h12,15,17-18H,2-11,13-14H2,1H3. The van der Waals surface area contributed by atoms with Crippen LogP contribution < -0.4 is 5.32 Å². The highest BCUT2D eigenvalue weighted by Gasteiger charge is 2.20. The molecule has 0 spiro atoms. The summed E-state index contributed by atoms with van der Waals surface area (Å²) in [6, 6.07) is 0.672. The first kappa shape index (κ1) is 14.1. The number of hydrogen-bond donors (Lipinski definition) is 1. The lowest BCUT2D eigenvalue weighted by Crippen LogP contribution is -2.31. The summed E-state index contributed by atoms with van der Waals surface area (Å²) < 4.78 is 0. The third-order valence-electron chi connectivity index (χ3n) is 4.92. The molecule has 2 rings (SSSR count). The van der Waals surface area contributed by atoms with Gasteiger partial charge in [-0.05, 0) is 45.1 Å². The Bertz CT molecular complexity index is 250. The van der Waals surface area contributed by atoms with E-state index in [0.717, 1.165) is 5.92 Å². The summed E-state index contributed by atoms with van der Waals surface area (Å²) >= 11 is 0. The van der Waals surface area contributed by atoms with Gasteiger partial charge in [-0.1, -0.05) is 56.6 Å². The van der Waals surface area contributed by atoms with E-state index in [1.807, 2.05) is 0 Å². The zero-order valence-electron chi connectivity index (χ0n) is 12.2. The van der Waals surface area contributed by atoms with Crippen LogP contribution in [0.3, 0.4) is 0 Å². The molecule has 0 heterocycles. The second-order valence-electron chi connectivity index (χ2n) is 6.31. The Balaban J connectivity index is 1.88. The van der Waals surface area contributed by atoms with E-state index in [1.165, 1.54) is 77.0 Å². The topological polar surface area (TPSA) is 12.0 Å². The molecular formula is C17H31N. The first-order chi connectivity index (χ1) is 8.90. The molecule has 1 fully saturated rings. The first-order valence-electron chi connectivity index (χ1n) is 8.26. The van der Waals surface area contributed by atoms with E-state index in [2.05, 4.69) is 18.4 Å². The molecule has 1 unspecified atom stereocenters. The van der Waals surface area contributed by atoms with Crippen molar-refractivity contribution in [3.05, 3.63) is 11.6 Å². The highest BCUT2D eigenvalue weighted by Crippen LogP contribution is 2.30. The van der Waals surface area contributed by atoms with Gasteiger partial charge in [-0.3, -0.25) is 0 Å². The number of hydrogen-bond acceptors (Lipinski definition) is 1. The fraction of sp³-hybridized carbons (Fsp3) is 0.882. The van der Waals surface area contributed by atoms with E-state index in [-0.39, 0.29) is 0 Å². The third-order valence-corrected chi connectivity index (χ3v) is 4.92. The average molecular weight is 249 g/mol. The van der Waals surface area contributed by atoms with Crippen molar-refractivity contribution in [2.75, 3.05) is 7.05 Å². The van der Waals surface area contributed by atoms with Crippen LogP contribution in [0.2, 0.25) is 0 Å². The summed E-state index contributed by atoms with van der Waals surface area (Å²) in [5.74, 6) is 0.988. The SMILES string of the molecule is CNC(CC1CCCCC1)C1=CCCCCCC1. The van der Waals surface area contributed by atoms with Crippen LogP contribution >= 0.6 is 0 Å². The Kier molecular flexibility index (Phi) is 6.26. The molecule has 104 valence electrons. The minimum Gasteiger partial charge on any atom is -0.313 e. The zero-order chi connectivity index (χ0) is 12.6. The third kappa shape index (κ3) is 4.42. The molecule has 2 aliphatic rings. The van der Waals surface area contributed by atoms with Crippen molar-refractivity contribution in [2.45, 2.75) is 83.1 Å². The van der Waals surface area contributed by atoms with Crippen LogP contribution in [-0.2, 0) is 0 Å². The average Bonchev–Trinajstić information content (AvgIpc) is 2.37. The Morgan fingerprint density at radius 3 is 2.56 bits per heavy atom. The van der Waals surface area contributed by atoms with Gasteiger partial charge in [-0.2, -0.15) is 0 Å². The van der Waals surface area contributed by atoms with Crippen molar-refractivity contribution in [3.63, 3.8) is 0 Å². The van der Waals surface area contributed by atoms with Gasteiger partial charge in [-0.15, -0.1) is 0 Å². The fourth-order valence-electron chi connectivity index (χ4n) is 3.74. The van der Waals surface area contributed by atoms with Crippen molar-refractivity contribution < 1.29 is 0 Å². The second-order valence-corrected chi connectivity index (χ2v) is 6.31. The summed E-state index contributed by atoms with van der Waals surface area (Å²) in [4.78, 5) is 0. The molecule has 0 bridgehead atoms. The highest BCUT2D eigenvalue weighted by molar-refractivity contribution is 5.12. The molecule has 1 heteroatoms. The summed E-state index contributed by atoms with van der Waals surface area (Å²) in [5.41, 5.74) is 1.72. The lowest BCUT2D eigenvalue weighted by molar-refractivity contribution is 0.313. The Morgan fingerprint density at radius 1 is 1.06 bits per heavy atom. The van der Waals surface area contributed by atoms with Crippen LogP contribution in [0.15, 0.2) is 11.6 Å². The molecule has 18 heavy (non-hydrogen) atoms. The van der Waals surface area contributed by atoms with Gasteiger partial charge >= 0.3 is 0 Å². The van der Waals surface area contributed by atoms with Crippen LogP contribution in [-0.4, -0.2) is 13.1 Å². The minimum atomic E-state index is 0.672. The van der Waals surface area contributed by atoms with E-state index in [0.29, 0.717) is 6.04 Å². The van der Waals surface area contributed by atoms with Crippen LogP contribution in [0, 0.1) is 5.92 Å². The largest absolute Gasteiger partial charge is 0.313 e. The zero-order valence-corrected chi connectivity index (χ0v) is 12.2. The molecule has 2 aliphatic carbocycles. The molecular weight excluding hydrogens is 218 g/mol. The number of likely N-dealkylation sites (N-methyl/N-ethyl adjacent to an activating group) is 1. The van der Waals surface area contributed by atoms with Crippen LogP contribution in [0.1, 0.15) is 77.0 Å². The van der Waals surface area contributed by atoms with Gasteiger partial charge in [0.2, 0.25) is 0 Å². The van der Waals surface area contributed by atoms with E-state index in [4.69, 9.17) is 0 Å². The van der Waals surface area contributed by atoms with Crippen molar-refractivity contribution >= 4 is 0 Å². The Hall–Kier alpha value is -0.300. The number of rotatable bonds is 4. The lowest BCUT2D eigenvalue weighted by Gasteiger charge is -2.28. The van der Waals surface area contributed by atoms with E-state index >= 15 is 0 Å². The minimum absolute atomic E-state index is 0.672. The summed E-state index contributed by atoms with van der Waals surface area (Å²) in [5, 5.41) is 3.60. The molecule has 1 saturated carbocycles. The van der Waals surface area contributed by atoms with Crippen LogP contribution in [0.25, 0.3) is 0 Å². The highest BCUT2D eigenvalue weighted by atomic mass is 14.9. The first-order valence-corrected chi connectivity index (χ1v) is 8.26. The van der Waals surface area contributed by atoms with Crippen molar-refractivity contribution in [3.8, 4) is 0 Å². The normalized spacial score (nSPS) is 25.1. The maximum atomic E-state index is 3.60. The van der Waals surface area contributed by atoms with Crippen LogP contribution in [0.4, 0.5) is 0 Å². The van der Waals surface area contributed by atoms with E-state index in [9.17, 15) is 0 Å². The van der Waals surface area contributed by atoms with E-state index < -0.39 is 0 Å². The van der Waals surface area contributed by atoms with Crippen molar-refractivity contribution in [1.82, 2.24) is 5.32 Å². The van der Waals surface area contributed by atoms with Gasteiger partial charge in [0.1, 0.15) is 0 Å². The number of allylic oxidation sites excluding steroid dienone is 1. The molecule has 0 amide bonds. The Labute approximate surface area is 113 Å². The molecule has 0 aliphatic heterocycles. The maximum Gasteiger partial charge on any atom is 0.0279 e. The van der Waals surface area contributed by atoms with Crippen molar-refractivity contribution in [1.29, 1.82) is 0 Å². The molecule has 0 aromatic carbocycles. The smallest absolute Gasteiger partial charge is 0.0279 e. The molecule has 0 aromatic heterocycles. The summed E-state index contributed by atoms with van der Waals surface area (Å²) in [6.45, 7) is 0. The lowest BCUT2D eigenvalue weighted by atomic mass is 9.82. The van der Waals surface area contributed by atoms with Gasteiger partial charge in [0.15, 0.2) is 0 Å². The predicted octanol–water partition coefficient (Wildman–Crippen LogP) is 4.83. The van der Waals surface area contributed by atoms with Gasteiger partial charge in [-0.25, -0.2) is 0 Å². The van der Waals surface area contributed by atoms with Gasteiger partial charge in [0.05, 0.1) is 0 Å². The van der Waals surface area contributed by atoms with Crippen molar-refractivity contribution in [2.24, 2.45) is 5.92 Å².